The lowest BCUT2D eigenvalue weighted by Gasteiger charge is -2.12. The van der Waals surface area contributed by atoms with Crippen molar-refractivity contribution in [3.63, 3.8) is 0 Å². The number of guanidine groups is 1. The fourth-order valence-corrected chi connectivity index (χ4v) is 2.09. The molecule has 1 aromatic rings. The van der Waals surface area contributed by atoms with Crippen molar-refractivity contribution in [3.05, 3.63) is 28.8 Å². The highest BCUT2D eigenvalue weighted by Crippen LogP contribution is 2.24. The van der Waals surface area contributed by atoms with Crippen LogP contribution in [0.2, 0.25) is 5.02 Å². The van der Waals surface area contributed by atoms with Gasteiger partial charge in [-0.25, -0.2) is 4.79 Å². The lowest BCUT2D eigenvalue weighted by atomic mass is 10.2. The number of nitrogens with zero attached hydrogens (tertiary/aromatic N) is 1. The van der Waals surface area contributed by atoms with Gasteiger partial charge in [-0.3, -0.25) is 10.3 Å². The molecule has 0 aromatic heterocycles. The first-order chi connectivity index (χ1) is 9.16. The number of hydrogen-bond acceptors (Lipinski definition) is 3. The molecule has 1 heterocycles. The van der Waals surface area contributed by atoms with Crippen molar-refractivity contribution in [2.75, 3.05) is 18.4 Å². The van der Waals surface area contributed by atoms with E-state index in [-0.39, 0.29) is 18.4 Å². The molecule has 0 saturated carbocycles. The van der Waals surface area contributed by atoms with Crippen molar-refractivity contribution in [2.24, 2.45) is 4.99 Å². The molecule has 0 spiro atoms. The highest BCUT2D eigenvalue weighted by molar-refractivity contribution is 6.34. The van der Waals surface area contributed by atoms with Gasteiger partial charge in [0, 0.05) is 13.1 Å². The zero-order chi connectivity index (χ0) is 13.7. The van der Waals surface area contributed by atoms with Gasteiger partial charge in [0.15, 0.2) is 5.96 Å². The first-order valence-electron chi connectivity index (χ1n) is 6.28. The smallest absolute Gasteiger partial charge is 0.326 e. The zero-order valence-electron chi connectivity index (χ0n) is 11.2. The van der Waals surface area contributed by atoms with Gasteiger partial charge in [0.1, 0.15) is 0 Å². The summed E-state index contributed by atoms with van der Waals surface area (Å²) in [6.07, 6.45) is 2.09. The quantitative estimate of drug-likeness (QED) is 0.745. The molecule has 0 atom stereocenters. The van der Waals surface area contributed by atoms with Crippen LogP contribution in [0.25, 0.3) is 0 Å². The lowest BCUT2D eigenvalue weighted by Crippen LogP contribution is -2.43. The summed E-state index contributed by atoms with van der Waals surface area (Å²) < 4.78 is 0. The zero-order valence-corrected chi connectivity index (χ0v) is 12.8. The summed E-state index contributed by atoms with van der Waals surface area (Å²) in [4.78, 5) is 16.1. The lowest BCUT2D eigenvalue weighted by molar-refractivity contribution is 0.256. The largest absolute Gasteiger partial charge is 0.356 e. The van der Waals surface area contributed by atoms with Gasteiger partial charge in [-0.2, -0.15) is 0 Å². The molecule has 5 nitrogen and oxygen atoms in total. The molecular formula is C13H18Cl2N4O. The number of benzene rings is 1. The number of halogens is 2. The van der Waals surface area contributed by atoms with Crippen molar-refractivity contribution in [1.29, 1.82) is 0 Å². The Balaban J connectivity index is 0.00000200. The third kappa shape index (κ3) is 4.58. The summed E-state index contributed by atoms with van der Waals surface area (Å²) >= 11 is 6.05. The molecule has 0 bridgehead atoms. The predicted octanol–water partition coefficient (Wildman–Crippen LogP) is 2.93. The van der Waals surface area contributed by atoms with Crippen LogP contribution in [-0.2, 0) is 0 Å². The Labute approximate surface area is 129 Å². The Bertz CT molecular complexity index is 485. The molecule has 1 aromatic carbocycles. The molecule has 110 valence electrons. The number of nitrogens with one attached hydrogen (secondary N) is 3. The van der Waals surface area contributed by atoms with Crippen molar-refractivity contribution >= 4 is 41.7 Å². The van der Waals surface area contributed by atoms with Gasteiger partial charge in [0.05, 0.1) is 10.7 Å². The van der Waals surface area contributed by atoms with Crippen molar-refractivity contribution in [1.82, 2.24) is 10.6 Å². The molecule has 0 aliphatic carbocycles. The van der Waals surface area contributed by atoms with Crippen LogP contribution >= 0.6 is 24.0 Å². The number of aliphatic imine (C=N–C) groups is 1. The average Bonchev–Trinajstić information content (AvgIpc) is 2.63. The molecule has 0 fully saturated rings. The van der Waals surface area contributed by atoms with Gasteiger partial charge in [-0.05, 0) is 31.4 Å². The maximum atomic E-state index is 11.9. The second-order valence-corrected chi connectivity index (χ2v) is 4.78. The molecular weight excluding hydrogens is 299 g/mol. The summed E-state index contributed by atoms with van der Waals surface area (Å²) in [5, 5.41) is 9.03. The molecule has 0 saturated heterocycles. The number of para-hydroxylation sites is 1. The Morgan fingerprint density at radius 3 is 2.90 bits per heavy atom. The summed E-state index contributed by atoms with van der Waals surface area (Å²) in [5.41, 5.74) is 1.54. The Morgan fingerprint density at radius 2 is 2.15 bits per heavy atom. The van der Waals surface area contributed by atoms with E-state index in [0.717, 1.165) is 31.5 Å². The van der Waals surface area contributed by atoms with E-state index in [1.54, 1.807) is 6.07 Å². The highest BCUT2D eigenvalue weighted by atomic mass is 35.5. The normalized spacial score (nSPS) is 14.2. The molecule has 3 N–H and O–H groups in total. The van der Waals surface area contributed by atoms with Crippen molar-refractivity contribution in [2.45, 2.75) is 19.8 Å². The molecule has 2 amide bonds. The van der Waals surface area contributed by atoms with E-state index >= 15 is 0 Å². The topological polar surface area (TPSA) is 65.5 Å². The minimum atomic E-state index is -0.343. The monoisotopic (exact) mass is 316 g/mol. The predicted molar refractivity (Wildman–Crippen MR) is 85.1 cm³/mol. The minimum absolute atomic E-state index is 0. The molecule has 1 aliphatic rings. The van der Waals surface area contributed by atoms with Crippen LogP contribution in [0.15, 0.2) is 23.2 Å². The van der Waals surface area contributed by atoms with E-state index in [1.165, 1.54) is 0 Å². The summed E-state index contributed by atoms with van der Waals surface area (Å²) in [7, 11) is 0. The number of aryl methyl sites for hydroxylation is 1. The first kappa shape index (κ1) is 16.6. The minimum Gasteiger partial charge on any atom is -0.356 e. The number of carbonyl (C=O) groups excluding carboxylic acids is 1. The number of amides is 2. The molecule has 7 heteroatoms. The third-order valence-electron chi connectivity index (χ3n) is 2.84. The Hall–Kier alpha value is -1.46. The Kier molecular flexibility index (Phi) is 6.61. The SMILES string of the molecule is Cc1cccc(Cl)c1NC(=O)NC1=NCCCCN1.Cl. The van der Waals surface area contributed by atoms with E-state index in [9.17, 15) is 4.79 Å². The van der Waals surface area contributed by atoms with Gasteiger partial charge in [0.25, 0.3) is 0 Å². The van der Waals surface area contributed by atoms with Crippen LogP contribution in [0.5, 0.6) is 0 Å². The van der Waals surface area contributed by atoms with Crippen LogP contribution in [-0.4, -0.2) is 25.1 Å². The number of rotatable bonds is 1. The van der Waals surface area contributed by atoms with E-state index in [2.05, 4.69) is 20.9 Å². The number of hydrogen-bond donors (Lipinski definition) is 3. The van der Waals surface area contributed by atoms with E-state index in [1.807, 2.05) is 19.1 Å². The fourth-order valence-electron chi connectivity index (χ4n) is 1.82. The van der Waals surface area contributed by atoms with Crippen molar-refractivity contribution < 1.29 is 4.79 Å². The number of anilines is 1. The first-order valence-corrected chi connectivity index (χ1v) is 6.66. The molecule has 0 unspecified atom stereocenters. The number of carbonyl (C=O) groups is 1. The maximum absolute atomic E-state index is 11.9. The van der Waals surface area contributed by atoms with E-state index in [0.29, 0.717) is 16.7 Å². The summed E-state index contributed by atoms with van der Waals surface area (Å²) in [5.74, 6) is 0.514. The van der Waals surface area contributed by atoms with Crippen LogP contribution in [0.3, 0.4) is 0 Å². The molecule has 20 heavy (non-hydrogen) atoms. The van der Waals surface area contributed by atoms with E-state index in [4.69, 9.17) is 11.6 Å². The molecule has 2 rings (SSSR count). The van der Waals surface area contributed by atoms with Crippen LogP contribution in [0.4, 0.5) is 10.5 Å². The Morgan fingerprint density at radius 1 is 1.35 bits per heavy atom. The highest BCUT2D eigenvalue weighted by Gasteiger charge is 2.11. The van der Waals surface area contributed by atoms with Crippen LogP contribution in [0.1, 0.15) is 18.4 Å². The second kappa shape index (κ2) is 7.97. The van der Waals surface area contributed by atoms with Gasteiger partial charge in [-0.15, -0.1) is 12.4 Å². The van der Waals surface area contributed by atoms with E-state index < -0.39 is 0 Å². The number of urea groups is 1. The molecule has 0 radical (unpaired) electrons. The maximum Gasteiger partial charge on any atom is 0.326 e. The van der Waals surface area contributed by atoms with Gasteiger partial charge < -0.3 is 10.6 Å². The summed E-state index contributed by atoms with van der Waals surface area (Å²) in [6, 6.07) is 5.14. The van der Waals surface area contributed by atoms with Gasteiger partial charge >= 0.3 is 6.03 Å². The fraction of sp³-hybridized carbons (Fsp3) is 0.385. The third-order valence-corrected chi connectivity index (χ3v) is 3.15. The second-order valence-electron chi connectivity index (χ2n) is 4.38. The standard InChI is InChI=1S/C13H17ClN4O.ClH/c1-9-5-4-6-10(14)11(9)17-13(19)18-12-15-7-2-3-8-16-12;/h4-6H,2-3,7-8H2,1H3,(H3,15,16,17,18,19);1H. The molecule has 1 aliphatic heterocycles. The van der Waals surface area contributed by atoms with Gasteiger partial charge in [0.2, 0.25) is 0 Å². The van der Waals surface area contributed by atoms with Gasteiger partial charge in [-0.1, -0.05) is 23.7 Å². The van der Waals surface area contributed by atoms with Crippen LogP contribution in [0, 0.1) is 6.92 Å². The van der Waals surface area contributed by atoms with Crippen molar-refractivity contribution in [3.8, 4) is 0 Å². The summed E-state index contributed by atoms with van der Waals surface area (Å²) in [6.45, 7) is 3.45. The average molecular weight is 317 g/mol. The van der Waals surface area contributed by atoms with Crippen LogP contribution < -0.4 is 16.0 Å².